The van der Waals surface area contributed by atoms with Crippen LogP contribution >= 0.6 is 0 Å². The van der Waals surface area contributed by atoms with Gasteiger partial charge in [0.15, 0.2) is 0 Å². The molecule has 4 rings (SSSR count). The lowest BCUT2D eigenvalue weighted by molar-refractivity contribution is 0.224. The topological polar surface area (TPSA) is 37.8 Å². The van der Waals surface area contributed by atoms with Gasteiger partial charge in [-0.05, 0) is 36.3 Å². The van der Waals surface area contributed by atoms with Crippen molar-refractivity contribution in [3.8, 4) is 5.69 Å². The van der Waals surface area contributed by atoms with Crippen molar-refractivity contribution in [2.45, 2.75) is 44.9 Å². The van der Waals surface area contributed by atoms with E-state index in [-0.39, 0.29) is 28.1 Å². The van der Waals surface area contributed by atoms with Crippen molar-refractivity contribution < 1.29 is 4.39 Å². The minimum Gasteiger partial charge on any atom is -0.294 e. The van der Waals surface area contributed by atoms with Crippen molar-refractivity contribution in [1.29, 1.82) is 0 Å². The standard InChI is InChI=1S/C17H19FN2O/c1-16(2)10-8-9-17(16,3)14-13(10)15(21)20(19-14)12-7-5-4-6-11(12)18/h4-7,10,19H,8-9H2,1-3H3/t10-,17+/m1/s1. The van der Waals surface area contributed by atoms with Crippen LogP contribution < -0.4 is 5.56 Å². The number of benzene rings is 1. The second-order valence-corrected chi connectivity index (χ2v) is 7.14. The Morgan fingerprint density at radius 1 is 1.29 bits per heavy atom. The van der Waals surface area contributed by atoms with Gasteiger partial charge < -0.3 is 0 Å². The zero-order valence-electron chi connectivity index (χ0n) is 12.5. The fourth-order valence-corrected chi connectivity index (χ4v) is 4.45. The Morgan fingerprint density at radius 2 is 2.00 bits per heavy atom. The molecule has 1 saturated carbocycles. The summed E-state index contributed by atoms with van der Waals surface area (Å²) in [4.78, 5) is 12.8. The van der Waals surface area contributed by atoms with Gasteiger partial charge in [-0.25, -0.2) is 9.07 Å². The van der Waals surface area contributed by atoms with Gasteiger partial charge in [-0.3, -0.25) is 9.89 Å². The smallest absolute Gasteiger partial charge is 0.275 e. The number of hydrogen-bond donors (Lipinski definition) is 1. The van der Waals surface area contributed by atoms with Crippen LogP contribution in [0.1, 0.15) is 50.8 Å². The molecule has 1 fully saturated rings. The zero-order valence-corrected chi connectivity index (χ0v) is 12.5. The van der Waals surface area contributed by atoms with E-state index >= 15 is 0 Å². The Hall–Kier alpha value is -1.84. The first-order valence-electron chi connectivity index (χ1n) is 7.48. The van der Waals surface area contributed by atoms with E-state index in [9.17, 15) is 9.18 Å². The second kappa shape index (κ2) is 3.67. The number of H-pyrrole nitrogens is 1. The molecular formula is C17H19FN2O. The van der Waals surface area contributed by atoms with Gasteiger partial charge >= 0.3 is 0 Å². The van der Waals surface area contributed by atoms with Gasteiger partial charge in [0.2, 0.25) is 0 Å². The van der Waals surface area contributed by atoms with Crippen LogP contribution in [0, 0.1) is 11.2 Å². The summed E-state index contributed by atoms with van der Waals surface area (Å²) in [6, 6.07) is 6.40. The third kappa shape index (κ3) is 1.31. The lowest BCUT2D eigenvalue weighted by atomic mass is 9.70. The molecular weight excluding hydrogens is 267 g/mol. The van der Waals surface area contributed by atoms with Gasteiger partial charge in [0, 0.05) is 16.7 Å². The third-order valence-corrected chi connectivity index (χ3v) is 6.15. The Labute approximate surface area is 122 Å². The Morgan fingerprint density at radius 3 is 2.67 bits per heavy atom. The molecule has 0 spiro atoms. The predicted octanol–water partition coefficient (Wildman–Crippen LogP) is 3.48. The van der Waals surface area contributed by atoms with Gasteiger partial charge in [-0.2, -0.15) is 0 Å². The minimum absolute atomic E-state index is 0.0251. The molecule has 1 N–H and O–H groups in total. The van der Waals surface area contributed by atoms with Crippen LogP contribution in [-0.4, -0.2) is 9.78 Å². The third-order valence-electron chi connectivity index (χ3n) is 6.15. The molecule has 0 unspecified atom stereocenters. The molecule has 3 nitrogen and oxygen atoms in total. The molecule has 2 aromatic rings. The summed E-state index contributed by atoms with van der Waals surface area (Å²) in [5, 5.41) is 3.21. The molecule has 0 aliphatic heterocycles. The van der Waals surface area contributed by atoms with Crippen LogP contribution in [0.15, 0.2) is 29.1 Å². The van der Waals surface area contributed by atoms with E-state index in [1.807, 2.05) is 0 Å². The SMILES string of the molecule is CC1(C)[C@@H]2CC[C@@]1(C)c1[nH]n(-c3ccccc3F)c(=O)c12. The number of nitrogens with one attached hydrogen (secondary N) is 1. The van der Waals surface area contributed by atoms with Gasteiger partial charge in [0.1, 0.15) is 11.5 Å². The molecule has 1 aromatic heterocycles. The number of hydrogen-bond acceptors (Lipinski definition) is 1. The summed E-state index contributed by atoms with van der Waals surface area (Å²) in [5.41, 5.74) is 2.16. The summed E-state index contributed by atoms with van der Waals surface area (Å²) in [6.45, 7) is 6.71. The number of para-hydroxylation sites is 1. The van der Waals surface area contributed by atoms with E-state index in [0.717, 1.165) is 24.1 Å². The molecule has 0 saturated heterocycles. The molecule has 4 heteroatoms. The number of aromatic amines is 1. The molecule has 110 valence electrons. The largest absolute Gasteiger partial charge is 0.294 e. The van der Waals surface area contributed by atoms with E-state index in [2.05, 4.69) is 25.9 Å². The number of halogens is 1. The number of nitrogens with zero attached hydrogens (tertiary/aromatic N) is 1. The highest BCUT2D eigenvalue weighted by atomic mass is 19.1. The maximum atomic E-state index is 14.0. The molecule has 2 atom stereocenters. The Balaban J connectivity index is 1.98. The summed E-state index contributed by atoms with van der Waals surface area (Å²) in [7, 11) is 0. The van der Waals surface area contributed by atoms with Crippen LogP contribution in [-0.2, 0) is 5.41 Å². The molecule has 21 heavy (non-hydrogen) atoms. The number of fused-ring (bicyclic) bond motifs is 5. The highest BCUT2D eigenvalue weighted by molar-refractivity contribution is 5.46. The molecule has 2 bridgehead atoms. The van der Waals surface area contributed by atoms with Crippen LogP contribution in [0.4, 0.5) is 4.39 Å². The average Bonchev–Trinajstić information content (AvgIpc) is 2.94. The number of aromatic nitrogens is 2. The van der Waals surface area contributed by atoms with Crippen molar-refractivity contribution in [3.05, 3.63) is 51.7 Å². The highest BCUT2D eigenvalue weighted by Gasteiger charge is 2.61. The van der Waals surface area contributed by atoms with Crippen LogP contribution in [0.5, 0.6) is 0 Å². The average molecular weight is 286 g/mol. The normalized spacial score (nSPS) is 28.9. The minimum atomic E-state index is -0.378. The highest BCUT2D eigenvalue weighted by Crippen LogP contribution is 2.66. The van der Waals surface area contributed by atoms with Crippen molar-refractivity contribution in [3.63, 3.8) is 0 Å². The molecule has 0 amide bonds. The lowest BCUT2D eigenvalue weighted by Gasteiger charge is -2.34. The van der Waals surface area contributed by atoms with Gasteiger partial charge in [-0.15, -0.1) is 0 Å². The molecule has 0 radical (unpaired) electrons. The number of rotatable bonds is 1. The molecule has 2 aliphatic rings. The maximum absolute atomic E-state index is 14.0. The van der Waals surface area contributed by atoms with Gasteiger partial charge in [0.05, 0.1) is 0 Å². The summed E-state index contributed by atoms with van der Waals surface area (Å²) in [6.07, 6.45) is 2.12. The Bertz CT molecular complexity index is 801. The monoisotopic (exact) mass is 286 g/mol. The quantitative estimate of drug-likeness (QED) is 0.856. The first-order valence-corrected chi connectivity index (χ1v) is 7.48. The summed E-state index contributed by atoms with van der Waals surface area (Å²) >= 11 is 0. The van der Waals surface area contributed by atoms with Crippen molar-refractivity contribution in [1.82, 2.24) is 9.78 Å². The first kappa shape index (κ1) is 12.9. The van der Waals surface area contributed by atoms with Crippen LogP contribution in [0.2, 0.25) is 0 Å². The molecule has 1 heterocycles. The fourth-order valence-electron chi connectivity index (χ4n) is 4.45. The van der Waals surface area contributed by atoms with E-state index in [1.54, 1.807) is 18.2 Å². The lowest BCUT2D eigenvalue weighted by Crippen LogP contribution is -2.33. The zero-order chi connectivity index (χ0) is 15.0. The molecule has 2 aliphatic carbocycles. The summed E-state index contributed by atoms with van der Waals surface area (Å²) in [5.74, 6) is -0.106. The predicted molar refractivity (Wildman–Crippen MR) is 79.5 cm³/mol. The fraction of sp³-hybridized carbons (Fsp3) is 0.471. The van der Waals surface area contributed by atoms with Gasteiger partial charge in [0.25, 0.3) is 5.56 Å². The van der Waals surface area contributed by atoms with E-state index < -0.39 is 0 Å². The second-order valence-electron chi connectivity index (χ2n) is 7.14. The molecule has 1 aromatic carbocycles. The first-order chi connectivity index (χ1) is 9.88. The van der Waals surface area contributed by atoms with E-state index in [4.69, 9.17) is 0 Å². The van der Waals surface area contributed by atoms with Crippen LogP contribution in [0.3, 0.4) is 0 Å². The maximum Gasteiger partial charge on any atom is 0.275 e. The van der Waals surface area contributed by atoms with E-state index in [0.29, 0.717) is 5.69 Å². The Kier molecular flexibility index (Phi) is 2.25. The van der Waals surface area contributed by atoms with Crippen molar-refractivity contribution >= 4 is 0 Å². The summed E-state index contributed by atoms with van der Waals surface area (Å²) < 4.78 is 15.4. The van der Waals surface area contributed by atoms with Crippen molar-refractivity contribution in [2.24, 2.45) is 5.41 Å². The van der Waals surface area contributed by atoms with Crippen molar-refractivity contribution in [2.75, 3.05) is 0 Å². The van der Waals surface area contributed by atoms with Crippen LogP contribution in [0.25, 0.3) is 5.69 Å². The van der Waals surface area contributed by atoms with E-state index in [1.165, 1.54) is 10.7 Å². The van der Waals surface area contributed by atoms with Gasteiger partial charge in [-0.1, -0.05) is 32.9 Å².